The summed E-state index contributed by atoms with van der Waals surface area (Å²) in [7, 11) is 1.64. The number of benzene rings is 1. The van der Waals surface area contributed by atoms with Gasteiger partial charge in [0.15, 0.2) is 5.78 Å². The molecule has 1 aromatic carbocycles. The zero-order chi connectivity index (χ0) is 15.4. The lowest BCUT2D eigenvalue weighted by Crippen LogP contribution is -2.12. The number of methoxy groups -OCH3 is 1. The molecule has 0 aliphatic heterocycles. The molecular formula is C19H18O3. The lowest BCUT2D eigenvalue weighted by atomic mass is 9.87. The van der Waals surface area contributed by atoms with Gasteiger partial charge in [0.25, 0.3) is 0 Å². The van der Waals surface area contributed by atoms with E-state index >= 15 is 0 Å². The summed E-state index contributed by atoms with van der Waals surface area (Å²) in [5, 5.41) is 0. The van der Waals surface area contributed by atoms with Crippen LogP contribution in [0.5, 0.6) is 5.75 Å². The molecule has 0 atom stereocenters. The summed E-state index contributed by atoms with van der Waals surface area (Å²) >= 11 is 0. The fourth-order valence-electron chi connectivity index (χ4n) is 2.62. The second-order valence-corrected chi connectivity index (χ2v) is 5.31. The van der Waals surface area contributed by atoms with E-state index in [1.807, 2.05) is 48.6 Å². The highest BCUT2D eigenvalue weighted by molar-refractivity contribution is 6.13. The summed E-state index contributed by atoms with van der Waals surface area (Å²) in [4.78, 5) is 12.6. The van der Waals surface area contributed by atoms with Crippen molar-refractivity contribution in [2.75, 3.05) is 7.11 Å². The van der Waals surface area contributed by atoms with E-state index in [0.29, 0.717) is 0 Å². The minimum Gasteiger partial charge on any atom is -0.497 e. The summed E-state index contributed by atoms with van der Waals surface area (Å²) in [5.74, 6) is 1.67. The molecule has 0 saturated heterocycles. The molecule has 22 heavy (non-hydrogen) atoms. The molecule has 3 nitrogen and oxygen atoms in total. The van der Waals surface area contributed by atoms with Gasteiger partial charge < -0.3 is 9.15 Å². The van der Waals surface area contributed by atoms with E-state index < -0.39 is 0 Å². The summed E-state index contributed by atoms with van der Waals surface area (Å²) in [5.41, 5.74) is 2.69. The van der Waals surface area contributed by atoms with Crippen molar-refractivity contribution in [2.24, 2.45) is 0 Å². The van der Waals surface area contributed by atoms with E-state index in [2.05, 4.69) is 0 Å². The van der Waals surface area contributed by atoms with Crippen LogP contribution in [-0.4, -0.2) is 12.9 Å². The molecule has 1 aliphatic carbocycles. The topological polar surface area (TPSA) is 39.4 Å². The highest BCUT2D eigenvalue weighted by Gasteiger charge is 2.20. The van der Waals surface area contributed by atoms with Gasteiger partial charge in [-0.1, -0.05) is 12.1 Å². The molecule has 1 aromatic heterocycles. The van der Waals surface area contributed by atoms with Crippen LogP contribution in [0.4, 0.5) is 0 Å². The van der Waals surface area contributed by atoms with E-state index in [4.69, 9.17) is 9.15 Å². The standard InChI is InChI=1S/C19H18O3/c1-21-17-9-7-14(8-10-17)12-15-4-2-5-16(19(15)20)13-18-6-3-11-22-18/h3,6-13H,2,4-5H2,1H3/b15-12+,16-13+. The van der Waals surface area contributed by atoms with Crippen LogP contribution in [0.1, 0.15) is 30.6 Å². The van der Waals surface area contributed by atoms with E-state index in [1.54, 1.807) is 13.4 Å². The number of rotatable bonds is 3. The molecule has 3 heteroatoms. The molecule has 1 heterocycles. The van der Waals surface area contributed by atoms with Gasteiger partial charge in [-0.15, -0.1) is 0 Å². The van der Waals surface area contributed by atoms with Crippen molar-refractivity contribution in [3.05, 3.63) is 65.1 Å². The molecule has 0 N–H and O–H groups in total. The van der Waals surface area contributed by atoms with E-state index in [1.165, 1.54) is 0 Å². The first-order valence-corrected chi connectivity index (χ1v) is 7.39. The second-order valence-electron chi connectivity index (χ2n) is 5.31. The number of carbonyl (C=O) groups excluding carboxylic acids is 1. The molecule has 0 bridgehead atoms. The third-order valence-electron chi connectivity index (χ3n) is 3.79. The Morgan fingerprint density at radius 3 is 2.41 bits per heavy atom. The number of ketones is 1. The summed E-state index contributed by atoms with van der Waals surface area (Å²) in [6.45, 7) is 0. The average molecular weight is 294 g/mol. The van der Waals surface area contributed by atoms with Gasteiger partial charge >= 0.3 is 0 Å². The largest absolute Gasteiger partial charge is 0.497 e. The van der Waals surface area contributed by atoms with Gasteiger partial charge in [0.05, 0.1) is 13.4 Å². The molecule has 0 unspecified atom stereocenters. The molecule has 0 radical (unpaired) electrons. The van der Waals surface area contributed by atoms with Gasteiger partial charge in [0.1, 0.15) is 11.5 Å². The SMILES string of the molecule is COc1ccc(/C=C2\CCC/C(=C\c3ccco3)C2=O)cc1. The van der Waals surface area contributed by atoms with Crippen LogP contribution in [0.15, 0.2) is 58.2 Å². The van der Waals surface area contributed by atoms with Crippen LogP contribution in [0.3, 0.4) is 0 Å². The minimum atomic E-state index is 0.124. The number of hydrogen-bond donors (Lipinski definition) is 0. The fourth-order valence-corrected chi connectivity index (χ4v) is 2.62. The zero-order valence-electron chi connectivity index (χ0n) is 12.5. The molecule has 1 aliphatic rings. The third-order valence-corrected chi connectivity index (χ3v) is 3.79. The maximum absolute atomic E-state index is 12.6. The van der Waals surface area contributed by atoms with E-state index in [9.17, 15) is 4.79 Å². The maximum Gasteiger partial charge on any atom is 0.185 e. The normalized spacial score (nSPS) is 18.9. The number of hydrogen-bond acceptors (Lipinski definition) is 3. The molecule has 1 saturated carbocycles. The van der Waals surface area contributed by atoms with E-state index in [0.717, 1.165) is 47.5 Å². The van der Waals surface area contributed by atoms with Gasteiger partial charge in [-0.25, -0.2) is 0 Å². The van der Waals surface area contributed by atoms with Crippen LogP contribution in [0.25, 0.3) is 12.2 Å². The Kier molecular flexibility index (Phi) is 4.24. The molecule has 0 spiro atoms. The number of carbonyl (C=O) groups is 1. The smallest absolute Gasteiger partial charge is 0.185 e. The fraction of sp³-hybridized carbons (Fsp3) is 0.211. The number of allylic oxidation sites excluding steroid dienone is 2. The number of furan rings is 1. The van der Waals surface area contributed by atoms with Crippen molar-refractivity contribution in [3.8, 4) is 5.75 Å². The number of Topliss-reactive ketones (excluding diaryl/α,β-unsaturated/α-hetero) is 1. The maximum atomic E-state index is 12.6. The van der Waals surface area contributed by atoms with E-state index in [-0.39, 0.29) is 5.78 Å². The van der Waals surface area contributed by atoms with Crippen molar-refractivity contribution >= 4 is 17.9 Å². The summed E-state index contributed by atoms with van der Waals surface area (Å²) in [6.07, 6.45) is 8.05. The molecule has 112 valence electrons. The Morgan fingerprint density at radius 1 is 1.05 bits per heavy atom. The van der Waals surface area contributed by atoms with Crippen LogP contribution < -0.4 is 4.74 Å². The predicted octanol–water partition coefficient (Wildman–Crippen LogP) is 4.51. The Morgan fingerprint density at radius 2 is 1.77 bits per heavy atom. The highest BCUT2D eigenvalue weighted by atomic mass is 16.5. The Hall–Kier alpha value is -2.55. The predicted molar refractivity (Wildman–Crippen MR) is 86.5 cm³/mol. The molecule has 2 aromatic rings. The summed E-state index contributed by atoms with van der Waals surface area (Å²) < 4.78 is 10.5. The molecule has 1 fully saturated rings. The van der Waals surface area contributed by atoms with Gasteiger partial charge in [0, 0.05) is 11.1 Å². The van der Waals surface area contributed by atoms with Crippen LogP contribution in [-0.2, 0) is 4.79 Å². The van der Waals surface area contributed by atoms with Gasteiger partial charge in [-0.3, -0.25) is 4.79 Å². The third kappa shape index (κ3) is 3.19. The Labute approximate surface area is 129 Å². The van der Waals surface area contributed by atoms with Crippen molar-refractivity contribution in [2.45, 2.75) is 19.3 Å². The Bertz CT molecular complexity index is 704. The quantitative estimate of drug-likeness (QED) is 0.782. The zero-order valence-corrected chi connectivity index (χ0v) is 12.5. The molecule has 3 rings (SSSR count). The molecular weight excluding hydrogens is 276 g/mol. The molecule has 0 amide bonds. The van der Waals surface area contributed by atoms with Crippen LogP contribution in [0.2, 0.25) is 0 Å². The monoisotopic (exact) mass is 294 g/mol. The Balaban J connectivity index is 1.84. The minimum absolute atomic E-state index is 0.124. The van der Waals surface area contributed by atoms with Crippen molar-refractivity contribution < 1.29 is 13.9 Å². The lowest BCUT2D eigenvalue weighted by Gasteiger charge is -2.16. The highest BCUT2D eigenvalue weighted by Crippen LogP contribution is 2.28. The van der Waals surface area contributed by atoms with Gasteiger partial charge in [-0.05, 0) is 61.2 Å². The first-order valence-electron chi connectivity index (χ1n) is 7.39. The van der Waals surface area contributed by atoms with Crippen LogP contribution in [0, 0.1) is 0 Å². The second kappa shape index (κ2) is 6.48. The lowest BCUT2D eigenvalue weighted by molar-refractivity contribution is -0.112. The average Bonchev–Trinajstić information content (AvgIpc) is 3.05. The van der Waals surface area contributed by atoms with Crippen LogP contribution >= 0.6 is 0 Å². The van der Waals surface area contributed by atoms with Gasteiger partial charge in [-0.2, -0.15) is 0 Å². The van der Waals surface area contributed by atoms with Crippen molar-refractivity contribution in [3.63, 3.8) is 0 Å². The number of ether oxygens (including phenoxy) is 1. The first kappa shape index (κ1) is 14.4. The van der Waals surface area contributed by atoms with Gasteiger partial charge in [0.2, 0.25) is 0 Å². The summed E-state index contributed by atoms with van der Waals surface area (Å²) in [6, 6.07) is 11.4. The first-order chi connectivity index (χ1) is 10.8. The van der Waals surface area contributed by atoms with Crippen molar-refractivity contribution in [1.82, 2.24) is 0 Å². The van der Waals surface area contributed by atoms with Crippen molar-refractivity contribution in [1.29, 1.82) is 0 Å².